The Morgan fingerprint density at radius 3 is 2.41 bits per heavy atom. The third-order valence-corrected chi connectivity index (χ3v) is 7.46. The molecule has 0 bridgehead atoms. The Labute approximate surface area is 221 Å². The molecule has 196 valence electrons. The monoisotopic (exact) mass is 524 g/mol. The van der Waals surface area contributed by atoms with Crippen LogP contribution >= 0.6 is 11.3 Å². The molecular weight excluding hydrogens is 491 g/mol. The van der Waals surface area contributed by atoms with E-state index in [0.717, 1.165) is 41.4 Å². The van der Waals surface area contributed by atoms with Crippen molar-refractivity contribution in [1.82, 2.24) is 9.88 Å². The second-order valence-corrected chi connectivity index (χ2v) is 11.3. The zero-order valence-corrected chi connectivity index (χ0v) is 22.4. The van der Waals surface area contributed by atoms with E-state index < -0.39 is 17.4 Å². The number of nitrogens with zero attached hydrogens (tertiary/aromatic N) is 2. The Kier molecular flexibility index (Phi) is 8.24. The maximum absolute atomic E-state index is 13.7. The van der Waals surface area contributed by atoms with Crippen LogP contribution in [0, 0.1) is 5.82 Å². The van der Waals surface area contributed by atoms with Crippen molar-refractivity contribution in [3.8, 4) is 10.4 Å². The number of ether oxygens (including phenoxy) is 1. The SMILES string of the molecule is CC(C(=O)OC(C)(C)C)N1CCC(c2ncc(-c3ccc(NC(=O)Nc4ccccc4F)cc3)s2)CC1. The van der Waals surface area contributed by atoms with Gasteiger partial charge in [-0.05, 0) is 83.5 Å². The highest BCUT2D eigenvalue weighted by atomic mass is 32.1. The predicted molar refractivity (Wildman–Crippen MR) is 145 cm³/mol. The van der Waals surface area contributed by atoms with Crippen molar-refractivity contribution < 1.29 is 18.7 Å². The highest BCUT2D eigenvalue weighted by molar-refractivity contribution is 7.15. The minimum absolute atomic E-state index is 0.124. The van der Waals surface area contributed by atoms with Gasteiger partial charge in [0.25, 0.3) is 0 Å². The van der Waals surface area contributed by atoms with E-state index >= 15 is 0 Å². The quantitative estimate of drug-likeness (QED) is 0.360. The van der Waals surface area contributed by atoms with Gasteiger partial charge >= 0.3 is 12.0 Å². The average Bonchev–Trinajstić information content (AvgIpc) is 3.35. The summed E-state index contributed by atoms with van der Waals surface area (Å²) in [5, 5.41) is 6.33. The Morgan fingerprint density at radius 2 is 1.76 bits per heavy atom. The van der Waals surface area contributed by atoms with E-state index in [1.54, 1.807) is 23.5 Å². The van der Waals surface area contributed by atoms with Gasteiger partial charge in [-0.1, -0.05) is 24.3 Å². The molecule has 1 aliphatic heterocycles. The van der Waals surface area contributed by atoms with Crippen molar-refractivity contribution in [1.29, 1.82) is 0 Å². The maximum atomic E-state index is 13.7. The van der Waals surface area contributed by atoms with Crippen LogP contribution in [0.25, 0.3) is 10.4 Å². The summed E-state index contributed by atoms with van der Waals surface area (Å²) in [5.74, 6) is -0.300. The van der Waals surface area contributed by atoms with Crippen molar-refractivity contribution in [2.24, 2.45) is 0 Å². The second-order valence-electron chi connectivity index (χ2n) is 10.2. The zero-order chi connectivity index (χ0) is 26.6. The largest absolute Gasteiger partial charge is 0.459 e. The van der Waals surface area contributed by atoms with Crippen molar-refractivity contribution in [2.45, 2.75) is 58.1 Å². The summed E-state index contributed by atoms with van der Waals surface area (Å²) in [6.45, 7) is 9.24. The summed E-state index contributed by atoms with van der Waals surface area (Å²) in [7, 11) is 0. The molecule has 1 atom stereocenters. The number of carbonyl (C=O) groups excluding carboxylic acids is 2. The number of carbonyl (C=O) groups is 2. The molecule has 2 N–H and O–H groups in total. The third-order valence-electron chi connectivity index (χ3n) is 6.25. The van der Waals surface area contributed by atoms with Gasteiger partial charge in [-0.3, -0.25) is 9.69 Å². The van der Waals surface area contributed by atoms with E-state index in [1.165, 1.54) is 12.1 Å². The minimum atomic E-state index is -0.509. The lowest BCUT2D eigenvalue weighted by molar-refractivity contribution is -0.161. The van der Waals surface area contributed by atoms with Gasteiger partial charge in [0.1, 0.15) is 17.5 Å². The standard InChI is InChI=1S/C28H33FN4O3S/c1-18(26(34)36-28(2,3)4)33-15-13-20(14-16-33)25-30-17-24(37-25)19-9-11-21(12-10-19)31-27(35)32-23-8-6-5-7-22(23)29/h5-12,17-18,20H,13-16H2,1-4H3,(H2,31,32,35). The number of hydrogen-bond acceptors (Lipinski definition) is 6. The minimum Gasteiger partial charge on any atom is -0.459 e. The number of likely N-dealkylation sites (tertiary alicyclic amines) is 1. The second kappa shape index (κ2) is 11.4. The molecule has 4 rings (SSSR count). The number of aromatic nitrogens is 1. The van der Waals surface area contributed by atoms with Gasteiger partial charge in [0, 0.05) is 17.8 Å². The topological polar surface area (TPSA) is 83.6 Å². The number of esters is 1. The summed E-state index contributed by atoms with van der Waals surface area (Å²) >= 11 is 1.68. The summed E-state index contributed by atoms with van der Waals surface area (Å²) in [6, 6.07) is 12.7. The van der Waals surface area contributed by atoms with Crippen molar-refractivity contribution >= 4 is 34.7 Å². The first-order valence-electron chi connectivity index (χ1n) is 12.4. The normalized spacial score (nSPS) is 15.7. The van der Waals surface area contributed by atoms with Crippen molar-refractivity contribution in [3.05, 3.63) is 65.6 Å². The van der Waals surface area contributed by atoms with Gasteiger partial charge in [-0.2, -0.15) is 0 Å². The van der Waals surface area contributed by atoms with E-state index in [0.29, 0.717) is 11.6 Å². The molecule has 1 aliphatic rings. The van der Waals surface area contributed by atoms with Crippen LogP contribution in [-0.4, -0.2) is 46.6 Å². The summed E-state index contributed by atoms with van der Waals surface area (Å²) in [6.07, 6.45) is 3.78. The predicted octanol–water partition coefficient (Wildman–Crippen LogP) is 6.50. The number of para-hydroxylation sites is 1. The molecule has 7 nitrogen and oxygen atoms in total. The molecule has 3 aromatic rings. The molecule has 1 unspecified atom stereocenters. The third kappa shape index (κ3) is 7.14. The number of rotatable bonds is 6. The first-order chi connectivity index (χ1) is 17.6. The fourth-order valence-corrected chi connectivity index (χ4v) is 5.34. The number of urea groups is 1. The number of nitrogens with one attached hydrogen (secondary N) is 2. The number of piperidine rings is 1. The smallest absolute Gasteiger partial charge is 0.323 e. The van der Waals surface area contributed by atoms with Gasteiger partial charge in [-0.25, -0.2) is 14.2 Å². The summed E-state index contributed by atoms with van der Waals surface area (Å²) in [5.41, 5.74) is 1.26. The van der Waals surface area contributed by atoms with E-state index in [2.05, 4.69) is 20.5 Å². The lowest BCUT2D eigenvalue weighted by Crippen LogP contribution is -2.45. The van der Waals surface area contributed by atoms with Crippen LogP contribution in [0.4, 0.5) is 20.6 Å². The van der Waals surface area contributed by atoms with E-state index in [1.807, 2.05) is 58.2 Å². The first-order valence-corrected chi connectivity index (χ1v) is 13.3. The molecule has 1 aromatic heterocycles. The Morgan fingerprint density at radius 1 is 1.08 bits per heavy atom. The van der Waals surface area contributed by atoms with E-state index in [-0.39, 0.29) is 17.7 Å². The average molecular weight is 525 g/mol. The number of benzene rings is 2. The van der Waals surface area contributed by atoms with Crippen LogP contribution < -0.4 is 10.6 Å². The molecule has 2 heterocycles. The highest BCUT2D eigenvalue weighted by Gasteiger charge is 2.31. The van der Waals surface area contributed by atoms with Crippen LogP contribution in [0.15, 0.2) is 54.7 Å². The van der Waals surface area contributed by atoms with Crippen LogP contribution in [0.2, 0.25) is 0 Å². The fraction of sp³-hybridized carbons (Fsp3) is 0.393. The summed E-state index contributed by atoms with van der Waals surface area (Å²) < 4.78 is 19.3. The van der Waals surface area contributed by atoms with Crippen LogP contribution in [-0.2, 0) is 9.53 Å². The zero-order valence-electron chi connectivity index (χ0n) is 21.6. The van der Waals surface area contributed by atoms with Gasteiger partial charge < -0.3 is 15.4 Å². The maximum Gasteiger partial charge on any atom is 0.323 e. The van der Waals surface area contributed by atoms with Gasteiger partial charge in [0.05, 0.1) is 15.6 Å². The lowest BCUT2D eigenvalue weighted by Gasteiger charge is -2.35. The van der Waals surface area contributed by atoms with Gasteiger partial charge in [0.15, 0.2) is 0 Å². The molecule has 1 saturated heterocycles. The van der Waals surface area contributed by atoms with Crippen LogP contribution in [0.3, 0.4) is 0 Å². The molecule has 1 fully saturated rings. The lowest BCUT2D eigenvalue weighted by atomic mass is 9.96. The van der Waals surface area contributed by atoms with Crippen LogP contribution in [0.1, 0.15) is 51.5 Å². The number of hydrogen-bond donors (Lipinski definition) is 2. The molecule has 9 heteroatoms. The number of amides is 2. The Balaban J connectivity index is 1.30. The first kappa shape index (κ1) is 26.8. The number of halogens is 1. The molecule has 0 saturated carbocycles. The van der Waals surface area contributed by atoms with E-state index in [9.17, 15) is 14.0 Å². The van der Waals surface area contributed by atoms with Gasteiger partial charge in [0.2, 0.25) is 0 Å². The Bertz CT molecular complexity index is 1230. The van der Waals surface area contributed by atoms with Crippen molar-refractivity contribution in [2.75, 3.05) is 23.7 Å². The Hall–Kier alpha value is -3.30. The molecule has 0 spiro atoms. The molecule has 37 heavy (non-hydrogen) atoms. The number of thiazole rings is 1. The number of anilines is 2. The molecule has 0 radical (unpaired) electrons. The fourth-order valence-electron chi connectivity index (χ4n) is 4.24. The summed E-state index contributed by atoms with van der Waals surface area (Å²) in [4.78, 5) is 32.6. The van der Waals surface area contributed by atoms with Gasteiger partial charge in [-0.15, -0.1) is 11.3 Å². The molecular formula is C28H33FN4O3S. The highest BCUT2D eigenvalue weighted by Crippen LogP contribution is 2.35. The molecule has 2 amide bonds. The van der Waals surface area contributed by atoms with E-state index in [4.69, 9.17) is 4.74 Å². The molecule has 0 aliphatic carbocycles. The van der Waals surface area contributed by atoms with Crippen LogP contribution in [0.5, 0.6) is 0 Å². The van der Waals surface area contributed by atoms with Crippen molar-refractivity contribution in [3.63, 3.8) is 0 Å². The molecule has 2 aromatic carbocycles.